The van der Waals surface area contributed by atoms with Crippen molar-refractivity contribution in [1.29, 1.82) is 0 Å². The first-order valence-electron chi connectivity index (χ1n) is 15.2. The van der Waals surface area contributed by atoms with Crippen LogP contribution in [0.25, 0.3) is 0 Å². The minimum absolute atomic E-state index is 0.305. The molecule has 0 aliphatic rings. The zero-order chi connectivity index (χ0) is 30.0. The lowest BCUT2D eigenvalue weighted by Gasteiger charge is -2.13. The van der Waals surface area contributed by atoms with Crippen molar-refractivity contribution in [3.63, 3.8) is 0 Å². The number of hydrogen-bond acceptors (Lipinski definition) is 6. The third-order valence-electron chi connectivity index (χ3n) is 5.99. The van der Waals surface area contributed by atoms with Crippen molar-refractivity contribution in [2.75, 3.05) is 19.8 Å². The number of hydrogen-bond donors (Lipinski definition) is 0. The first kappa shape index (κ1) is 41.1. The van der Waals surface area contributed by atoms with E-state index in [1.807, 2.05) is 6.92 Å². The van der Waals surface area contributed by atoms with Crippen molar-refractivity contribution in [3.8, 4) is 0 Å². The molecule has 0 aromatic heterocycles. The summed E-state index contributed by atoms with van der Waals surface area (Å²) in [5.41, 5.74) is 0. The Morgan fingerprint density at radius 3 is 1.33 bits per heavy atom. The van der Waals surface area contributed by atoms with E-state index in [1.54, 1.807) is 0 Å². The summed E-state index contributed by atoms with van der Waals surface area (Å²) in [7, 11) is 0. The first-order valence-corrected chi connectivity index (χ1v) is 15.2. The maximum absolute atomic E-state index is 10.8. The van der Waals surface area contributed by atoms with Crippen LogP contribution >= 0.6 is 0 Å². The second-order valence-corrected chi connectivity index (χ2v) is 9.53. The quantitative estimate of drug-likeness (QED) is 0.0544. The van der Waals surface area contributed by atoms with Gasteiger partial charge in [0.25, 0.3) is 0 Å². The van der Waals surface area contributed by atoms with Crippen LogP contribution in [0.4, 0.5) is 0 Å². The summed E-state index contributed by atoms with van der Waals surface area (Å²) in [6.07, 6.45) is 23.2. The molecule has 0 radical (unpaired) electrons. The van der Waals surface area contributed by atoms with E-state index in [1.165, 1.54) is 88.9 Å². The number of carbonyl (C=O) groups is 3. The fourth-order valence-corrected chi connectivity index (χ4v) is 3.35. The standard InChI is InChI=1S/C15H28O2.C11H20O2.C7H12O2/c1-3-5-6-7-8-9-10-11-12-13-14-17-15(16)4-2;1-4-7-8-10(5-2)9-13-11(12)6-3;1-3-5-6-9-7(8)4-2/h4H,2-3,5-14H2,1H3;6,10H,3-5,7-9H2,1-2H3;4H,2-3,5-6H2,1H3. The molecule has 0 N–H and O–H groups in total. The van der Waals surface area contributed by atoms with Gasteiger partial charge in [0, 0.05) is 18.2 Å². The first-order chi connectivity index (χ1) is 18.9. The Kier molecular flexibility index (Phi) is 37.6. The van der Waals surface area contributed by atoms with Crippen molar-refractivity contribution in [2.45, 2.75) is 130 Å². The molecular weight excluding hydrogens is 492 g/mol. The summed E-state index contributed by atoms with van der Waals surface area (Å²) in [6.45, 7) is 20.2. The van der Waals surface area contributed by atoms with Gasteiger partial charge in [-0.25, -0.2) is 14.4 Å². The van der Waals surface area contributed by atoms with Gasteiger partial charge < -0.3 is 14.2 Å². The Bertz CT molecular complexity index is 599. The van der Waals surface area contributed by atoms with Gasteiger partial charge in [-0.15, -0.1) is 0 Å². The average Bonchev–Trinajstić information content (AvgIpc) is 2.96. The number of rotatable bonds is 23. The van der Waals surface area contributed by atoms with Crippen LogP contribution in [0.5, 0.6) is 0 Å². The maximum Gasteiger partial charge on any atom is 0.330 e. The van der Waals surface area contributed by atoms with Crippen LogP contribution in [0, 0.1) is 5.92 Å². The van der Waals surface area contributed by atoms with Gasteiger partial charge in [-0.2, -0.15) is 0 Å². The molecule has 0 saturated heterocycles. The van der Waals surface area contributed by atoms with E-state index in [0.29, 0.717) is 25.7 Å². The number of carbonyl (C=O) groups excluding carboxylic acids is 3. The van der Waals surface area contributed by atoms with Crippen molar-refractivity contribution < 1.29 is 28.6 Å². The SMILES string of the molecule is C=CC(=O)OCC(CC)CCCC.C=CC(=O)OCCCC.C=CC(=O)OCCCCCCCCCCCC. The lowest BCUT2D eigenvalue weighted by molar-refractivity contribution is -0.139. The second kappa shape index (κ2) is 35.6. The lowest BCUT2D eigenvalue weighted by atomic mass is 10.0. The van der Waals surface area contributed by atoms with E-state index < -0.39 is 0 Å². The minimum Gasteiger partial charge on any atom is -0.463 e. The van der Waals surface area contributed by atoms with Crippen LogP contribution in [0.1, 0.15) is 130 Å². The molecule has 0 spiro atoms. The van der Waals surface area contributed by atoms with E-state index >= 15 is 0 Å². The van der Waals surface area contributed by atoms with Crippen LogP contribution in [0.2, 0.25) is 0 Å². The van der Waals surface area contributed by atoms with E-state index in [2.05, 4.69) is 45.2 Å². The Labute approximate surface area is 240 Å². The molecule has 0 fully saturated rings. The fourth-order valence-electron chi connectivity index (χ4n) is 3.35. The Morgan fingerprint density at radius 2 is 0.923 bits per heavy atom. The van der Waals surface area contributed by atoms with Crippen LogP contribution in [0.15, 0.2) is 38.0 Å². The molecular formula is C33H60O6. The number of esters is 3. The van der Waals surface area contributed by atoms with Gasteiger partial charge in [-0.3, -0.25) is 0 Å². The highest BCUT2D eigenvalue weighted by molar-refractivity contribution is 5.81. The molecule has 0 saturated carbocycles. The van der Waals surface area contributed by atoms with E-state index in [9.17, 15) is 14.4 Å². The molecule has 0 amide bonds. The average molecular weight is 553 g/mol. The summed E-state index contributed by atoms with van der Waals surface area (Å²) < 4.78 is 14.6. The van der Waals surface area contributed by atoms with E-state index in [-0.39, 0.29) is 17.9 Å². The predicted octanol–water partition coefficient (Wildman–Crippen LogP) is 9.08. The van der Waals surface area contributed by atoms with Crippen molar-refractivity contribution >= 4 is 17.9 Å². The Hall–Kier alpha value is -2.37. The zero-order valence-corrected chi connectivity index (χ0v) is 25.8. The van der Waals surface area contributed by atoms with Crippen molar-refractivity contribution in [1.82, 2.24) is 0 Å². The zero-order valence-electron chi connectivity index (χ0n) is 25.8. The van der Waals surface area contributed by atoms with Gasteiger partial charge in [-0.1, -0.05) is 131 Å². The third-order valence-corrected chi connectivity index (χ3v) is 5.99. The van der Waals surface area contributed by atoms with Crippen LogP contribution in [-0.2, 0) is 28.6 Å². The summed E-state index contributed by atoms with van der Waals surface area (Å²) >= 11 is 0. The topological polar surface area (TPSA) is 78.9 Å². The summed E-state index contributed by atoms with van der Waals surface area (Å²) in [5.74, 6) is -0.428. The molecule has 0 bridgehead atoms. The van der Waals surface area contributed by atoms with Gasteiger partial charge in [0.05, 0.1) is 19.8 Å². The molecule has 0 aromatic carbocycles. The largest absolute Gasteiger partial charge is 0.463 e. The van der Waals surface area contributed by atoms with Gasteiger partial charge in [0.1, 0.15) is 0 Å². The van der Waals surface area contributed by atoms with Gasteiger partial charge in [0.2, 0.25) is 0 Å². The highest BCUT2D eigenvalue weighted by Crippen LogP contribution is 2.13. The van der Waals surface area contributed by atoms with Crippen LogP contribution in [-0.4, -0.2) is 37.7 Å². The van der Waals surface area contributed by atoms with Crippen LogP contribution < -0.4 is 0 Å². The molecule has 228 valence electrons. The summed E-state index contributed by atoms with van der Waals surface area (Å²) in [5, 5.41) is 0. The lowest BCUT2D eigenvalue weighted by Crippen LogP contribution is -2.12. The molecule has 0 rings (SSSR count). The molecule has 6 heteroatoms. The number of unbranched alkanes of at least 4 members (excludes halogenated alkanes) is 11. The van der Waals surface area contributed by atoms with Crippen LogP contribution in [0.3, 0.4) is 0 Å². The fraction of sp³-hybridized carbons (Fsp3) is 0.727. The molecule has 6 nitrogen and oxygen atoms in total. The molecule has 1 unspecified atom stereocenters. The predicted molar refractivity (Wildman–Crippen MR) is 164 cm³/mol. The highest BCUT2D eigenvalue weighted by Gasteiger charge is 2.07. The summed E-state index contributed by atoms with van der Waals surface area (Å²) in [6, 6.07) is 0. The highest BCUT2D eigenvalue weighted by atomic mass is 16.5. The molecule has 0 aliphatic carbocycles. The molecule has 39 heavy (non-hydrogen) atoms. The smallest absolute Gasteiger partial charge is 0.330 e. The monoisotopic (exact) mass is 552 g/mol. The normalized spacial score (nSPS) is 10.5. The van der Waals surface area contributed by atoms with Crippen molar-refractivity contribution in [3.05, 3.63) is 38.0 Å². The van der Waals surface area contributed by atoms with E-state index in [0.717, 1.165) is 32.1 Å². The maximum atomic E-state index is 10.8. The third kappa shape index (κ3) is 37.8. The minimum atomic E-state index is -0.330. The van der Waals surface area contributed by atoms with Gasteiger partial charge >= 0.3 is 17.9 Å². The van der Waals surface area contributed by atoms with Gasteiger partial charge in [0.15, 0.2) is 0 Å². The van der Waals surface area contributed by atoms with Crippen molar-refractivity contribution in [2.24, 2.45) is 5.92 Å². The van der Waals surface area contributed by atoms with E-state index in [4.69, 9.17) is 9.47 Å². The molecule has 0 heterocycles. The summed E-state index contributed by atoms with van der Waals surface area (Å²) in [4.78, 5) is 31.8. The van der Waals surface area contributed by atoms with Gasteiger partial charge in [-0.05, 0) is 25.2 Å². The molecule has 0 aromatic rings. The Balaban J connectivity index is -0.000000524. The second-order valence-electron chi connectivity index (χ2n) is 9.53. The molecule has 0 aliphatic heterocycles. The molecule has 1 atom stereocenters. The Morgan fingerprint density at radius 1 is 0.538 bits per heavy atom. The number of ether oxygens (including phenoxy) is 3.